The summed E-state index contributed by atoms with van der Waals surface area (Å²) in [4.78, 5) is 18.8. The number of carbonyl (C=O) groups excluding carboxylic acids is 1. The summed E-state index contributed by atoms with van der Waals surface area (Å²) in [5.74, 6) is 0.542. The van der Waals surface area contributed by atoms with Gasteiger partial charge in [-0.15, -0.1) is 10.2 Å². The number of benzene rings is 1. The molecule has 0 bridgehead atoms. The Morgan fingerprint density at radius 2 is 1.80 bits per heavy atom. The van der Waals surface area contributed by atoms with Crippen LogP contribution in [0.25, 0.3) is 11.4 Å². The molecule has 8 heteroatoms. The highest BCUT2D eigenvalue weighted by Gasteiger charge is 2.10. The van der Waals surface area contributed by atoms with E-state index in [2.05, 4.69) is 25.5 Å². The van der Waals surface area contributed by atoms with E-state index < -0.39 is 6.43 Å². The molecular weight excluding hydrogens is 328 g/mol. The fraction of sp³-hybridized carbons (Fsp3) is 0.176. The second kappa shape index (κ2) is 7.61. The van der Waals surface area contributed by atoms with Crippen molar-refractivity contribution in [1.29, 1.82) is 0 Å². The summed E-state index contributed by atoms with van der Waals surface area (Å²) in [7, 11) is 0. The van der Waals surface area contributed by atoms with Gasteiger partial charge in [-0.25, -0.2) is 8.78 Å². The van der Waals surface area contributed by atoms with Crippen molar-refractivity contribution in [3.8, 4) is 11.4 Å². The van der Waals surface area contributed by atoms with Gasteiger partial charge in [0.05, 0.1) is 0 Å². The fourth-order valence-corrected chi connectivity index (χ4v) is 2.24. The normalized spacial score (nSPS) is 10.8. The molecule has 0 aliphatic carbocycles. The van der Waals surface area contributed by atoms with Gasteiger partial charge in [0.2, 0.25) is 11.9 Å². The second-order valence-electron chi connectivity index (χ2n) is 5.35. The Bertz CT molecular complexity index is 834. The molecule has 3 aromatic rings. The number of aryl methyl sites for hydroxylation is 1. The summed E-state index contributed by atoms with van der Waals surface area (Å²) in [6.45, 7) is 0. The molecule has 3 rings (SSSR count). The Morgan fingerprint density at radius 1 is 1.08 bits per heavy atom. The van der Waals surface area contributed by atoms with Crippen molar-refractivity contribution < 1.29 is 13.6 Å². The van der Waals surface area contributed by atoms with Gasteiger partial charge in [0, 0.05) is 29.9 Å². The minimum absolute atomic E-state index is 0.0292. The Hall–Kier alpha value is -3.16. The van der Waals surface area contributed by atoms with Crippen molar-refractivity contribution in [3.05, 3.63) is 59.9 Å². The number of alkyl halides is 2. The smallest absolute Gasteiger partial charge is 0.263 e. The zero-order valence-electron chi connectivity index (χ0n) is 13.1. The Kier molecular flexibility index (Phi) is 5.08. The van der Waals surface area contributed by atoms with Gasteiger partial charge in [-0.2, -0.15) is 0 Å². The summed E-state index contributed by atoms with van der Waals surface area (Å²) < 4.78 is 25.0. The minimum atomic E-state index is -2.49. The van der Waals surface area contributed by atoms with E-state index in [4.69, 9.17) is 0 Å². The largest absolute Gasteiger partial charge is 0.307 e. The summed E-state index contributed by atoms with van der Waals surface area (Å²) in [5, 5.41) is 10.5. The summed E-state index contributed by atoms with van der Waals surface area (Å²) in [5.41, 5.74) is 1.59. The number of aromatic amines is 1. The molecule has 0 aliphatic heterocycles. The molecule has 2 aromatic heterocycles. The van der Waals surface area contributed by atoms with E-state index >= 15 is 0 Å². The van der Waals surface area contributed by atoms with Crippen LogP contribution < -0.4 is 5.32 Å². The highest BCUT2D eigenvalue weighted by Crippen LogP contribution is 2.19. The van der Waals surface area contributed by atoms with Crippen molar-refractivity contribution in [1.82, 2.24) is 20.2 Å². The number of aromatic nitrogens is 4. The van der Waals surface area contributed by atoms with Crippen molar-refractivity contribution in [2.75, 3.05) is 5.32 Å². The third-order valence-electron chi connectivity index (χ3n) is 3.57. The first-order valence-corrected chi connectivity index (χ1v) is 7.62. The monoisotopic (exact) mass is 343 g/mol. The maximum absolute atomic E-state index is 12.5. The molecule has 0 fully saturated rings. The number of amides is 1. The van der Waals surface area contributed by atoms with Crippen LogP contribution in [0.15, 0.2) is 48.8 Å². The number of carbonyl (C=O) groups is 1. The molecule has 25 heavy (non-hydrogen) atoms. The lowest BCUT2D eigenvalue weighted by Crippen LogP contribution is -2.13. The van der Waals surface area contributed by atoms with Crippen molar-refractivity contribution >= 4 is 11.9 Å². The van der Waals surface area contributed by atoms with Crippen LogP contribution in [0.1, 0.15) is 24.0 Å². The van der Waals surface area contributed by atoms with Crippen molar-refractivity contribution in [2.45, 2.75) is 19.3 Å². The SMILES string of the molecule is O=C(CCc1ccc(C(F)F)cc1)Nc1nnc(-c2ccncc2)[nH]1. The quantitative estimate of drug-likeness (QED) is 0.719. The molecule has 2 heterocycles. The van der Waals surface area contributed by atoms with Crippen LogP contribution in [0.2, 0.25) is 0 Å². The van der Waals surface area contributed by atoms with Crippen LogP contribution in [-0.2, 0) is 11.2 Å². The number of nitrogens with zero attached hydrogens (tertiary/aromatic N) is 3. The predicted octanol–water partition coefficient (Wildman–Crippen LogP) is 3.38. The van der Waals surface area contributed by atoms with Gasteiger partial charge in [-0.1, -0.05) is 24.3 Å². The summed E-state index contributed by atoms with van der Waals surface area (Å²) in [6, 6.07) is 9.49. The Balaban J connectivity index is 1.53. The first-order valence-electron chi connectivity index (χ1n) is 7.62. The summed E-state index contributed by atoms with van der Waals surface area (Å²) in [6.07, 6.45) is 1.43. The number of anilines is 1. The van der Waals surface area contributed by atoms with Gasteiger partial charge < -0.3 is 4.98 Å². The molecular formula is C17H15F2N5O. The van der Waals surface area contributed by atoms with E-state index in [1.807, 2.05) is 0 Å². The summed E-state index contributed by atoms with van der Waals surface area (Å²) >= 11 is 0. The zero-order chi connectivity index (χ0) is 17.6. The van der Waals surface area contributed by atoms with Crippen LogP contribution >= 0.6 is 0 Å². The molecule has 0 aliphatic rings. The van der Waals surface area contributed by atoms with Gasteiger partial charge in [-0.3, -0.25) is 15.1 Å². The number of hydrogen-bond acceptors (Lipinski definition) is 4. The molecule has 128 valence electrons. The first-order chi connectivity index (χ1) is 12.1. The maximum Gasteiger partial charge on any atom is 0.263 e. The highest BCUT2D eigenvalue weighted by molar-refractivity contribution is 5.89. The number of hydrogen-bond donors (Lipinski definition) is 2. The van der Waals surface area contributed by atoms with E-state index in [0.717, 1.165) is 11.1 Å². The van der Waals surface area contributed by atoms with Gasteiger partial charge in [0.1, 0.15) is 0 Å². The lowest BCUT2D eigenvalue weighted by molar-refractivity contribution is -0.116. The van der Waals surface area contributed by atoms with E-state index in [9.17, 15) is 13.6 Å². The number of rotatable bonds is 6. The van der Waals surface area contributed by atoms with Gasteiger partial charge >= 0.3 is 0 Å². The molecule has 0 saturated carbocycles. The lowest BCUT2D eigenvalue weighted by atomic mass is 10.1. The number of pyridine rings is 1. The predicted molar refractivity (Wildman–Crippen MR) is 88.0 cm³/mol. The second-order valence-corrected chi connectivity index (χ2v) is 5.35. The highest BCUT2D eigenvalue weighted by atomic mass is 19.3. The van der Waals surface area contributed by atoms with Crippen molar-refractivity contribution in [2.24, 2.45) is 0 Å². The molecule has 6 nitrogen and oxygen atoms in total. The molecule has 1 amide bonds. The third-order valence-corrected chi connectivity index (χ3v) is 3.57. The van der Waals surface area contributed by atoms with E-state index in [-0.39, 0.29) is 23.8 Å². The Morgan fingerprint density at radius 3 is 2.48 bits per heavy atom. The zero-order valence-corrected chi connectivity index (χ0v) is 13.1. The van der Waals surface area contributed by atoms with Gasteiger partial charge in [0.15, 0.2) is 5.82 Å². The van der Waals surface area contributed by atoms with E-state index in [1.54, 1.807) is 36.7 Å². The average molecular weight is 343 g/mol. The number of H-pyrrole nitrogens is 1. The molecule has 1 aromatic carbocycles. The van der Waals surface area contributed by atoms with Crippen LogP contribution in [0, 0.1) is 0 Å². The lowest BCUT2D eigenvalue weighted by Gasteiger charge is -2.04. The molecule has 0 unspecified atom stereocenters. The molecule has 0 radical (unpaired) electrons. The fourth-order valence-electron chi connectivity index (χ4n) is 2.24. The van der Waals surface area contributed by atoms with Crippen molar-refractivity contribution in [3.63, 3.8) is 0 Å². The van der Waals surface area contributed by atoms with Crippen LogP contribution in [-0.4, -0.2) is 26.1 Å². The molecule has 0 saturated heterocycles. The molecule has 0 spiro atoms. The number of halogens is 2. The van der Waals surface area contributed by atoms with E-state index in [1.165, 1.54) is 12.1 Å². The van der Waals surface area contributed by atoms with Gasteiger partial charge in [0.25, 0.3) is 6.43 Å². The van der Waals surface area contributed by atoms with Gasteiger partial charge in [-0.05, 0) is 24.1 Å². The third kappa shape index (κ3) is 4.43. The molecule has 2 N–H and O–H groups in total. The Labute approximate surface area is 142 Å². The van der Waals surface area contributed by atoms with Crippen LogP contribution in [0.3, 0.4) is 0 Å². The topological polar surface area (TPSA) is 83.6 Å². The molecule has 0 atom stereocenters. The van der Waals surface area contributed by atoms with E-state index in [0.29, 0.717) is 12.2 Å². The standard InChI is InChI=1S/C17H15F2N5O/c18-15(19)12-4-1-11(2-5-12)3-6-14(25)21-17-22-16(23-24-17)13-7-9-20-10-8-13/h1-2,4-5,7-10,15H,3,6H2,(H2,21,22,23,24,25). The average Bonchev–Trinajstić information content (AvgIpc) is 3.09. The maximum atomic E-state index is 12.5. The first kappa shape index (κ1) is 16.7. The van der Waals surface area contributed by atoms with Crippen LogP contribution in [0.5, 0.6) is 0 Å². The number of nitrogens with one attached hydrogen (secondary N) is 2. The minimum Gasteiger partial charge on any atom is -0.307 e. The van der Waals surface area contributed by atoms with Crippen LogP contribution in [0.4, 0.5) is 14.7 Å².